The highest BCUT2D eigenvalue weighted by Gasteiger charge is 2.27. The van der Waals surface area contributed by atoms with Gasteiger partial charge in [0, 0.05) is 32.8 Å². The lowest BCUT2D eigenvalue weighted by molar-refractivity contribution is -0.134. The molecule has 0 aromatic carbocycles. The molecule has 0 saturated carbocycles. The second-order valence-electron chi connectivity index (χ2n) is 5.17. The summed E-state index contributed by atoms with van der Waals surface area (Å²) in [7, 11) is 1.63. The second-order valence-corrected chi connectivity index (χ2v) is 5.17. The number of nitrogens with two attached hydrogens (primary N) is 1. The Morgan fingerprint density at radius 2 is 1.95 bits per heavy atom. The van der Waals surface area contributed by atoms with Crippen molar-refractivity contribution in [2.45, 2.75) is 45.2 Å². The van der Waals surface area contributed by atoms with Crippen molar-refractivity contribution < 1.29 is 9.53 Å². The maximum absolute atomic E-state index is 12.2. The Kier molecular flexibility index (Phi) is 7.34. The number of amides is 1. The van der Waals surface area contributed by atoms with Crippen LogP contribution in [0.5, 0.6) is 0 Å². The summed E-state index contributed by atoms with van der Waals surface area (Å²) in [4.78, 5) is 16.5. The zero-order chi connectivity index (χ0) is 14.3. The number of piperidine rings is 1. The van der Waals surface area contributed by atoms with Crippen molar-refractivity contribution >= 4 is 5.91 Å². The smallest absolute Gasteiger partial charge is 0.239 e. The van der Waals surface area contributed by atoms with E-state index in [0.717, 1.165) is 39.0 Å². The number of likely N-dealkylation sites (tertiary alicyclic amines) is 1. The number of hydrogen-bond donors (Lipinski definition) is 1. The topological polar surface area (TPSA) is 58.8 Å². The Bertz CT molecular complexity index is 261. The normalized spacial score (nSPS) is 18.9. The molecule has 0 aromatic rings. The molecule has 0 bridgehead atoms. The summed E-state index contributed by atoms with van der Waals surface area (Å²) in [6, 6.07) is 0.208. The van der Waals surface area contributed by atoms with E-state index < -0.39 is 6.04 Å². The number of carbonyl (C=O) groups excluding carboxylic acids is 1. The molecule has 2 N–H and O–H groups in total. The van der Waals surface area contributed by atoms with Crippen LogP contribution in [0.3, 0.4) is 0 Å². The van der Waals surface area contributed by atoms with Crippen molar-refractivity contribution in [1.82, 2.24) is 9.80 Å². The third-order valence-corrected chi connectivity index (χ3v) is 4.06. The van der Waals surface area contributed by atoms with Gasteiger partial charge in [0.2, 0.25) is 5.91 Å². The van der Waals surface area contributed by atoms with Crippen LogP contribution in [0.1, 0.15) is 33.1 Å². The van der Waals surface area contributed by atoms with Crippen LogP contribution in [0.25, 0.3) is 0 Å². The molecule has 0 aromatic heterocycles. The predicted molar refractivity (Wildman–Crippen MR) is 77.0 cm³/mol. The van der Waals surface area contributed by atoms with Crippen LogP contribution >= 0.6 is 0 Å². The van der Waals surface area contributed by atoms with E-state index in [-0.39, 0.29) is 5.91 Å². The SMILES string of the molecule is CCN(CC)C1CCN(C(=O)C(N)CCOC)CC1. The molecule has 19 heavy (non-hydrogen) atoms. The maximum atomic E-state index is 12.2. The molecule has 0 spiro atoms. The second kappa shape index (κ2) is 8.51. The van der Waals surface area contributed by atoms with Gasteiger partial charge >= 0.3 is 0 Å². The van der Waals surface area contributed by atoms with Crippen LogP contribution in [0.2, 0.25) is 0 Å². The number of nitrogens with zero attached hydrogens (tertiary/aromatic N) is 2. The van der Waals surface area contributed by atoms with Gasteiger partial charge < -0.3 is 20.3 Å². The summed E-state index contributed by atoms with van der Waals surface area (Å²) >= 11 is 0. The average Bonchev–Trinajstić information content (AvgIpc) is 2.46. The molecule has 1 aliphatic heterocycles. The highest BCUT2D eigenvalue weighted by atomic mass is 16.5. The minimum absolute atomic E-state index is 0.0787. The molecule has 1 atom stereocenters. The van der Waals surface area contributed by atoms with Crippen LogP contribution in [0, 0.1) is 0 Å². The van der Waals surface area contributed by atoms with Gasteiger partial charge in [0.1, 0.15) is 0 Å². The molecule has 0 aliphatic carbocycles. The molecule has 112 valence electrons. The fourth-order valence-corrected chi connectivity index (χ4v) is 2.79. The minimum Gasteiger partial charge on any atom is -0.385 e. The van der Waals surface area contributed by atoms with E-state index in [1.807, 2.05) is 4.90 Å². The summed E-state index contributed by atoms with van der Waals surface area (Å²) in [5.74, 6) is 0.0787. The Hall–Kier alpha value is -0.650. The molecular weight excluding hydrogens is 242 g/mol. The summed E-state index contributed by atoms with van der Waals surface area (Å²) < 4.78 is 4.97. The molecule has 1 fully saturated rings. The van der Waals surface area contributed by atoms with Gasteiger partial charge in [0.15, 0.2) is 0 Å². The van der Waals surface area contributed by atoms with Crippen LogP contribution in [0.4, 0.5) is 0 Å². The molecule has 1 saturated heterocycles. The third kappa shape index (κ3) is 4.75. The van der Waals surface area contributed by atoms with E-state index in [1.54, 1.807) is 7.11 Å². The standard InChI is InChI=1S/C14H29N3O2/c1-4-16(5-2)12-6-9-17(10-7-12)14(18)13(15)8-11-19-3/h12-13H,4-11,15H2,1-3H3. The molecule has 5 heteroatoms. The van der Waals surface area contributed by atoms with Crippen molar-refractivity contribution in [3.8, 4) is 0 Å². The minimum atomic E-state index is -0.412. The first kappa shape index (κ1) is 16.4. The monoisotopic (exact) mass is 271 g/mol. The molecule has 0 radical (unpaired) electrons. The quantitative estimate of drug-likeness (QED) is 0.740. The zero-order valence-corrected chi connectivity index (χ0v) is 12.6. The van der Waals surface area contributed by atoms with Crippen molar-refractivity contribution in [3.63, 3.8) is 0 Å². The fraction of sp³-hybridized carbons (Fsp3) is 0.929. The van der Waals surface area contributed by atoms with Gasteiger partial charge in [0.05, 0.1) is 6.04 Å². The molecular formula is C14H29N3O2. The van der Waals surface area contributed by atoms with Gasteiger partial charge in [0.25, 0.3) is 0 Å². The van der Waals surface area contributed by atoms with Crippen molar-refractivity contribution in [3.05, 3.63) is 0 Å². The van der Waals surface area contributed by atoms with E-state index >= 15 is 0 Å². The number of rotatable bonds is 7. The van der Waals surface area contributed by atoms with E-state index in [0.29, 0.717) is 19.1 Å². The summed E-state index contributed by atoms with van der Waals surface area (Å²) in [6.07, 6.45) is 2.72. The predicted octanol–water partition coefficient (Wildman–Crippen LogP) is 0.683. The number of hydrogen-bond acceptors (Lipinski definition) is 4. The van der Waals surface area contributed by atoms with Gasteiger partial charge in [-0.05, 0) is 32.4 Å². The third-order valence-electron chi connectivity index (χ3n) is 4.06. The maximum Gasteiger partial charge on any atom is 0.239 e. The number of carbonyl (C=O) groups is 1. The average molecular weight is 271 g/mol. The van der Waals surface area contributed by atoms with Crippen LogP contribution in [0.15, 0.2) is 0 Å². The Balaban J connectivity index is 2.38. The molecule has 1 unspecified atom stereocenters. The largest absolute Gasteiger partial charge is 0.385 e. The Morgan fingerprint density at radius 3 is 2.42 bits per heavy atom. The van der Waals surface area contributed by atoms with Crippen LogP contribution in [-0.4, -0.2) is 67.7 Å². The van der Waals surface area contributed by atoms with Gasteiger partial charge in [-0.3, -0.25) is 4.79 Å². The van der Waals surface area contributed by atoms with Crippen molar-refractivity contribution in [2.24, 2.45) is 5.73 Å². The fourth-order valence-electron chi connectivity index (χ4n) is 2.79. The molecule has 1 amide bonds. The summed E-state index contributed by atoms with van der Waals surface area (Å²) in [6.45, 7) is 8.78. The van der Waals surface area contributed by atoms with E-state index in [9.17, 15) is 4.79 Å². The molecule has 1 aliphatic rings. The van der Waals surface area contributed by atoms with Gasteiger partial charge in [-0.25, -0.2) is 0 Å². The van der Waals surface area contributed by atoms with Crippen LogP contribution < -0.4 is 5.73 Å². The Morgan fingerprint density at radius 1 is 1.37 bits per heavy atom. The summed E-state index contributed by atoms with van der Waals surface area (Å²) in [5.41, 5.74) is 5.90. The molecule has 1 heterocycles. The Labute approximate surface area is 117 Å². The molecule has 5 nitrogen and oxygen atoms in total. The van der Waals surface area contributed by atoms with Crippen LogP contribution in [-0.2, 0) is 9.53 Å². The lowest BCUT2D eigenvalue weighted by Gasteiger charge is -2.38. The summed E-state index contributed by atoms with van der Waals surface area (Å²) in [5, 5.41) is 0. The first-order valence-corrected chi connectivity index (χ1v) is 7.41. The number of methoxy groups -OCH3 is 1. The zero-order valence-electron chi connectivity index (χ0n) is 12.6. The van der Waals surface area contributed by atoms with E-state index in [2.05, 4.69) is 18.7 Å². The lowest BCUT2D eigenvalue weighted by Crippen LogP contribution is -2.51. The van der Waals surface area contributed by atoms with Gasteiger partial charge in [-0.2, -0.15) is 0 Å². The first-order valence-electron chi connectivity index (χ1n) is 7.41. The van der Waals surface area contributed by atoms with Gasteiger partial charge in [-0.15, -0.1) is 0 Å². The lowest BCUT2D eigenvalue weighted by atomic mass is 10.0. The highest BCUT2D eigenvalue weighted by molar-refractivity contribution is 5.81. The van der Waals surface area contributed by atoms with E-state index in [1.165, 1.54) is 0 Å². The highest BCUT2D eigenvalue weighted by Crippen LogP contribution is 2.17. The van der Waals surface area contributed by atoms with Gasteiger partial charge in [-0.1, -0.05) is 13.8 Å². The van der Waals surface area contributed by atoms with E-state index in [4.69, 9.17) is 10.5 Å². The van der Waals surface area contributed by atoms with Crippen molar-refractivity contribution in [2.75, 3.05) is 39.9 Å². The van der Waals surface area contributed by atoms with Crippen molar-refractivity contribution in [1.29, 1.82) is 0 Å². The molecule has 1 rings (SSSR count). The first-order chi connectivity index (χ1) is 9.13. The number of ether oxygens (including phenoxy) is 1.